The minimum Gasteiger partial charge on any atom is -0.459 e. The zero-order valence-corrected chi connectivity index (χ0v) is 10.4. The first-order chi connectivity index (χ1) is 7.47. The van der Waals surface area contributed by atoms with Crippen molar-refractivity contribution in [3.63, 3.8) is 0 Å². The predicted molar refractivity (Wildman–Crippen MR) is 59.9 cm³/mol. The molecule has 1 aliphatic rings. The number of nitrogens with zero attached hydrogens (tertiary/aromatic N) is 2. The van der Waals surface area contributed by atoms with Crippen LogP contribution in [0.15, 0.2) is 0 Å². The molecule has 1 saturated heterocycles. The largest absolute Gasteiger partial charge is 0.459 e. The summed E-state index contributed by atoms with van der Waals surface area (Å²) in [4.78, 5) is 26.6. The molecule has 1 heterocycles. The number of hydrogen-bond donors (Lipinski definition) is 0. The standard InChI is InChI=1S/C11H20N2O3/c1-5-16-11(15)10(14)13-6-8(2)9(7-13)12(3)4/h8-9H,5-7H2,1-4H3. The maximum absolute atomic E-state index is 11.7. The summed E-state index contributed by atoms with van der Waals surface area (Å²) in [5, 5.41) is 0. The monoisotopic (exact) mass is 228 g/mol. The van der Waals surface area contributed by atoms with Gasteiger partial charge in [0.15, 0.2) is 0 Å². The van der Waals surface area contributed by atoms with E-state index in [1.165, 1.54) is 0 Å². The number of carbonyl (C=O) groups is 2. The van der Waals surface area contributed by atoms with Crippen molar-refractivity contribution in [2.24, 2.45) is 5.92 Å². The summed E-state index contributed by atoms with van der Waals surface area (Å²) in [7, 11) is 3.97. The van der Waals surface area contributed by atoms with Crippen molar-refractivity contribution < 1.29 is 14.3 Å². The first kappa shape index (κ1) is 13.0. The molecule has 0 bridgehead atoms. The highest BCUT2D eigenvalue weighted by atomic mass is 16.5. The van der Waals surface area contributed by atoms with Crippen LogP contribution in [0.1, 0.15) is 13.8 Å². The lowest BCUT2D eigenvalue weighted by Gasteiger charge is -2.22. The second-order valence-corrected chi connectivity index (χ2v) is 4.44. The molecule has 5 nitrogen and oxygen atoms in total. The van der Waals surface area contributed by atoms with Crippen molar-refractivity contribution in [3.05, 3.63) is 0 Å². The van der Waals surface area contributed by atoms with E-state index in [4.69, 9.17) is 4.74 Å². The smallest absolute Gasteiger partial charge is 0.397 e. The van der Waals surface area contributed by atoms with Crippen LogP contribution in [0.4, 0.5) is 0 Å². The molecule has 0 saturated carbocycles. The normalized spacial score (nSPS) is 24.9. The van der Waals surface area contributed by atoms with E-state index in [0.29, 0.717) is 25.0 Å². The first-order valence-electron chi connectivity index (χ1n) is 5.59. The van der Waals surface area contributed by atoms with Crippen LogP contribution >= 0.6 is 0 Å². The summed E-state index contributed by atoms with van der Waals surface area (Å²) in [5.74, 6) is -0.875. The molecule has 92 valence electrons. The molecule has 0 aromatic rings. The topological polar surface area (TPSA) is 49.9 Å². The molecule has 1 fully saturated rings. The van der Waals surface area contributed by atoms with E-state index < -0.39 is 11.9 Å². The summed E-state index contributed by atoms with van der Waals surface area (Å²) in [6, 6.07) is 0.318. The Kier molecular flexibility index (Phi) is 4.29. The first-order valence-corrected chi connectivity index (χ1v) is 5.59. The van der Waals surface area contributed by atoms with E-state index in [1.807, 2.05) is 14.1 Å². The van der Waals surface area contributed by atoms with Gasteiger partial charge < -0.3 is 14.5 Å². The fourth-order valence-corrected chi connectivity index (χ4v) is 2.11. The highest BCUT2D eigenvalue weighted by Gasteiger charge is 2.36. The number of rotatable bonds is 2. The summed E-state index contributed by atoms with van der Waals surface area (Å²) >= 11 is 0. The third kappa shape index (κ3) is 2.72. The van der Waals surface area contributed by atoms with E-state index >= 15 is 0 Å². The highest BCUT2D eigenvalue weighted by Crippen LogP contribution is 2.20. The summed E-state index contributed by atoms with van der Waals surface area (Å²) in [5.41, 5.74) is 0. The third-order valence-corrected chi connectivity index (χ3v) is 2.97. The van der Waals surface area contributed by atoms with Crippen molar-refractivity contribution in [3.8, 4) is 0 Å². The average Bonchev–Trinajstić information content (AvgIpc) is 2.59. The maximum Gasteiger partial charge on any atom is 0.397 e. The van der Waals surface area contributed by atoms with Gasteiger partial charge in [-0.3, -0.25) is 4.79 Å². The molecule has 1 aliphatic heterocycles. The Bertz CT molecular complexity index is 278. The molecule has 0 radical (unpaired) electrons. The van der Waals surface area contributed by atoms with Gasteiger partial charge in [0.05, 0.1) is 6.61 Å². The Morgan fingerprint density at radius 1 is 1.38 bits per heavy atom. The Hall–Kier alpha value is -1.10. The van der Waals surface area contributed by atoms with Gasteiger partial charge in [-0.05, 0) is 26.9 Å². The van der Waals surface area contributed by atoms with Crippen LogP contribution in [0.25, 0.3) is 0 Å². The molecule has 2 atom stereocenters. The van der Waals surface area contributed by atoms with E-state index in [-0.39, 0.29) is 6.61 Å². The van der Waals surface area contributed by atoms with Gasteiger partial charge in [0.25, 0.3) is 0 Å². The summed E-state index contributed by atoms with van der Waals surface area (Å²) in [6.07, 6.45) is 0. The van der Waals surface area contributed by atoms with Gasteiger partial charge in [-0.1, -0.05) is 6.92 Å². The average molecular weight is 228 g/mol. The van der Waals surface area contributed by atoms with Crippen molar-refractivity contribution >= 4 is 11.9 Å². The summed E-state index contributed by atoms with van der Waals surface area (Å²) < 4.78 is 4.70. The Morgan fingerprint density at radius 2 is 2.00 bits per heavy atom. The molecule has 0 aliphatic carbocycles. The zero-order valence-electron chi connectivity index (χ0n) is 10.4. The molecule has 0 aromatic heterocycles. The van der Waals surface area contributed by atoms with Gasteiger partial charge in [-0.25, -0.2) is 4.79 Å². The molecule has 2 unspecified atom stereocenters. The van der Waals surface area contributed by atoms with Crippen LogP contribution in [0.2, 0.25) is 0 Å². The Labute approximate surface area is 96.3 Å². The van der Waals surface area contributed by atoms with Gasteiger partial charge in [0.1, 0.15) is 0 Å². The molecular weight excluding hydrogens is 208 g/mol. The van der Waals surface area contributed by atoms with Crippen molar-refractivity contribution in [1.82, 2.24) is 9.80 Å². The molecule has 16 heavy (non-hydrogen) atoms. The van der Waals surface area contributed by atoms with Crippen LogP contribution in [-0.2, 0) is 14.3 Å². The fraction of sp³-hybridized carbons (Fsp3) is 0.818. The molecule has 1 amide bonds. The number of ether oxygens (including phenoxy) is 1. The van der Waals surface area contributed by atoms with E-state index in [0.717, 1.165) is 0 Å². The van der Waals surface area contributed by atoms with Gasteiger partial charge in [-0.15, -0.1) is 0 Å². The van der Waals surface area contributed by atoms with Crippen LogP contribution < -0.4 is 0 Å². The lowest BCUT2D eigenvalue weighted by atomic mass is 10.1. The second kappa shape index (κ2) is 5.30. The van der Waals surface area contributed by atoms with Crippen LogP contribution in [0.5, 0.6) is 0 Å². The van der Waals surface area contributed by atoms with E-state index in [9.17, 15) is 9.59 Å². The zero-order chi connectivity index (χ0) is 12.3. The lowest BCUT2D eigenvalue weighted by molar-refractivity contribution is -0.159. The molecule has 5 heteroatoms. The number of hydrogen-bond acceptors (Lipinski definition) is 4. The lowest BCUT2D eigenvalue weighted by Crippen LogP contribution is -2.39. The van der Waals surface area contributed by atoms with Crippen molar-refractivity contribution in [2.75, 3.05) is 33.8 Å². The van der Waals surface area contributed by atoms with E-state index in [1.54, 1.807) is 11.8 Å². The fourth-order valence-electron chi connectivity index (χ4n) is 2.11. The third-order valence-electron chi connectivity index (χ3n) is 2.97. The second-order valence-electron chi connectivity index (χ2n) is 4.44. The number of amides is 1. The molecular formula is C11H20N2O3. The summed E-state index contributed by atoms with van der Waals surface area (Å²) in [6.45, 7) is 5.25. The molecule has 1 rings (SSSR count). The van der Waals surface area contributed by atoms with Gasteiger partial charge in [0, 0.05) is 19.1 Å². The van der Waals surface area contributed by atoms with Gasteiger partial charge in [-0.2, -0.15) is 0 Å². The predicted octanol–water partition coefficient (Wildman–Crippen LogP) is -0.0420. The van der Waals surface area contributed by atoms with Crippen molar-refractivity contribution in [1.29, 1.82) is 0 Å². The quantitative estimate of drug-likeness (QED) is 0.491. The number of carbonyl (C=O) groups excluding carboxylic acids is 2. The number of likely N-dealkylation sites (N-methyl/N-ethyl adjacent to an activating group) is 1. The minimum atomic E-state index is -0.742. The number of likely N-dealkylation sites (tertiary alicyclic amines) is 1. The SMILES string of the molecule is CCOC(=O)C(=O)N1CC(C)C(N(C)C)C1. The van der Waals surface area contributed by atoms with Crippen molar-refractivity contribution in [2.45, 2.75) is 19.9 Å². The minimum absolute atomic E-state index is 0.241. The molecule has 0 spiro atoms. The Morgan fingerprint density at radius 3 is 2.44 bits per heavy atom. The number of esters is 1. The maximum atomic E-state index is 11.7. The Balaban J connectivity index is 2.58. The van der Waals surface area contributed by atoms with Gasteiger partial charge >= 0.3 is 11.9 Å². The van der Waals surface area contributed by atoms with Crippen LogP contribution in [0, 0.1) is 5.92 Å². The van der Waals surface area contributed by atoms with Crippen LogP contribution in [0.3, 0.4) is 0 Å². The highest BCUT2D eigenvalue weighted by molar-refractivity contribution is 6.32. The molecule has 0 aromatic carbocycles. The van der Waals surface area contributed by atoms with Crippen LogP contribution in [-0.4, -0.2) is 61.5 Å². The van der Waals surface area contributed by atoms with E-state index in [2.05, 4.69) is 11.8 Å². The molecule has 0 N–H and O–H groups in total. The van der Waals surface area contributed by atoms with Gasteiger partial charge in [0.2, 0.25) is 0 Å².